The summed E-state index contributed by atoms with van der Waals surface area (Å²) < 4.78 is 5.20. The molecule has 4 nitrogen and oxygen atoms in total. The van der Waals surface area contributed by atoms with Crippen LogP contribution in [-0.4, -0.2) is 18.6 Å². The first-order valence-corrected chi connectivity index (χ1v) is 6.43. The molecule has 2 rings (SSSR count). The van der Waals surface area contributed by atoms with Crippen LogP contribution in [0.1, 0.15) is 13.3 Å². The number of rotatable bonds is 6. The molecule has 2 aromatic rings. The van der Waals surface area contributed by atoms with E-state index in [1.54, 1.807) is 13.3 Å². The average Bonchev–Trinajstić information content (AvgIpc) is 2.46. The molecule has 0 fully saturated rings. The summed E-state index contributed by atoms with van der Waals surface area (Å²) in [5, 5.41) is 6.60. The van der Waals surface area contributed by atoms with Crippen LogP contribution in [0.2, 0.25) is 0 Å². The van der Waals surface area contributed by atoms with Crippen molar-refractivity contribution in [3.05, 3.63) is 42.6 Å². The zero-order valence-electron chi connectivity index (χ0n) is 11.3. The molecule has 1 aromatic heterocycles. The maximum atomic E-state index is 5.20. The monoisotopic (exact) mass is 257 g/mol. The van der Waals surface area contributed by atoms with Crippen molar-refractivity contribution in [3.63, 3.8) is 0 Å². The summed E-state index contributed by atoms with van der Waals surface area (Å²) in [5.41, 5.74) is 1.99. The van der Waals surface area contributed by atoms with E-state index in [0.717, 1.165) is 35.9 Å². The van der Waals surface area contributed by atoms with Crippen LogP contribution in [0.5, 0.6) is 5.75 Å². The Bertz CT molecular complexity index is 528. The van der Waals surface area contributed by atoms with Crippen LogP contribution < -0.4 is 15.4 Å². The van der Waals surface area contributed by atoms with Crippen molar-refractivity contribution in [3.8, 4) is 5.75 Å². The van der Waals surface area contributed by atoms with Gasteiger partial charge >= 0.3 is 0 Å². The largest absolute Gasteiger partial charge is 0.497 e. The predicted octanol–water partition coefficient (Wildman–Crippen LogP) is 3.66. The van der Waals surface area contributed by atoms with E-state index < -0.39 is 0 Å². The molecule has 0 spiro atoms. The highest BCUT2D eigenvalue weighted by atomic mass is 16.5. The molecule has 0 aliphatic heterocycles. The predicted molar refractivity (Wildman–Crippen MR) is 79.3 cm³/mol. The molecule has 0 amide bonds. The molecule has 19 heavy (non-hydrogen) atoms. The molecule has 0 aliphatic carbocycles. The smallest absolute Gasteiger partial charge is 0.127 e. The Morgan fingerprint density at radius 3 is 2.79 bits per heavy atom. The van der Waals surface area contributed by atoms with Crippen LogP contribution in [0.15, 0.2) is 42.6 Å². The first kappa shape index (κ1) is 13.2. The maximum absolute atomic E-state index is 5.20. The van der Waals surface area contributed by atoms with E-state index in [0.29, 0.717) is 0 Å². The molecule has 0 saturated heterocycles. The molecule has 1 aromatic carbocycles. The topological polar surface area (TPSA) is 46.2 Å². The molecule has 100 valence electrons. The Hall–Kier alpha value is -2.23. The van der Waals surface area contributed by atoms with Crippen molar-refractivity contribution in [2.45, 2.75) is 13.3 Å². The molecular weight excluding hydrogens is 238 g/mol. The van der Waals surface area contributed by atoms with Crippen LogP contribution in [0.3, 0.4) is 0 Å². The summed E-state index contributed by atoms with van der Waals surface area (Å²) in [5.74, 6) is 1.72. The fraction of sp³-hybridized carbons (Fsp3) is 0.267. The van der Waals surface area contributed by atoms with E-state index in [1.165, 1.54) is 0 Å². The zero-order chi connectivity index (χ0) is 13.5. The normalized spacial score (nSPS) is 10.0. The molecule has 0 unspecified atom stereocenters. The van der Waals surface area contributed by atoms with E-state index in [2.05, 4.69) is 22.5 Å². The second-order valence-electron chi connectivity index (χ2n) is 4.21. The summed E-state index contributed by atoms with van der Waals surface area (Å²) in [6.07, 6.45) is 2.87. The van der Waals surface area contributed by atoms with Gasteiger partial charge in [-0.1, -0.05) is 13.0 Å². The van der Waals surface area contributed by atoms with Crippen molar-refractivity contribution < 1.29 is 4.74 Å². The third-order valence-electron chi connectivity index (χ3n) is 2.67. The Morgan fingerprint density at radius 1 is 1.16 bits per heavy atom. The second-order valence-corrected chi connectivity index (χ2v) is 4.21. The van der Waals surface area contributed by atoms with Crippen molar-refractivity contribution >= 4 is 17.2 Å². The van der Waals surface area contributed by atoms with E-state index in [1.807, 2.05) is 36.4 Å². The number of aromatic nitrogens is 1. The number of nitrogens with one attached hydrogen (secondary N) is 2. The molecule has 0 atom stereocenters. The van der Waals surface area contributed by atoms with Gasteiger partial charge < -0.3 is 15.4 Å². The number of anilines is 3. The molecule has 0 saturated carbocycles. The van der Waals surface area contributed by atoms with Gasteiger partial charge in [-0.2, -0.15) is 0 Å². The molecule has 0 bridgehead atoms. The van der Waals surface area contributed by atoms with E-state index in [-0.39, 0.29) is 0 Å². The molecule has 0 radical (unpaired) electrons. The summed E-state index contributed by atoms with van der Waals surface area (Å²) in [6.45, 7) is 3.06. The minimum atomic E-state index is 0.836. The highest BCUT2D eigenvalue weighted by Gasteiger charge is 1.99. The third-order valence-corrected chi connectivity index (χ3v) is 2.67. The van der Waals surface area contributed by atoms with Crippen molar-refractivity contribution in [2.75, 3.05) is 24.3 Å². The van der Waals surface area contributed by atoms with Gasteiger partial charge in [0.1, 0.15) is 11.6 Å². The Balaban J connectivity index is 2.09. The molecule has 1 heterocycles. The van der Waals surface area contributed by atoms with Crippen molar-refractivity contribution in [1.29, 1.82) is 0 Å². The minimum Gasteiger partial charge on any atom is -0.497 e. The first-order valence-electron chi connectivity index (χ1n) is 6.43. The summed E-state index contributed by atoms with van der Waals surface area (Å²) >= 11 is 0. The van der Waals surface area contributed by atoms with Crippen LogP contribution in [-0.2, 0) is 0 Å². The quantitative estimate of drug-likeness (QED) is 0.829. The van der Waals surface area contributed by atoms with Gasteiger partial charge in [-0.25, -0.2) is 4.98 Å². The third kappa shape index (κ3) is 3.88. The highest BCUT2D eigenvalue weighted by molar-refractivity contribution is 5.63. The van der Waals surface area contributed by atoms with Gasteiger partial charge in [-0.15, -0.1) is 0 Å². The molecular formula is C15H19N3O. The van der Waals surface area contributed by atoms with Crippen LogP contribution >= 0.6 is 0 Å². The maximum Gasteiger partial charge on any atom is 0.127 e. The number of ether oxygens (including phenoxy) is 1. The summed E-state index contributed by atoms with van der Waals surface area (Å²) in [4.78, 5) is 4.28. The fourth-order valence-corrected chi connectivity index (χ4v) is 1.73. The number of hydrogen-bond acceptors (Lipinski definition) is 4. The number of pyridine rings is 1. The lowest BCUT2D eigenvalue weighted by atomic mass is 10.3. The van der Waals surface area contributed by atoms with E-state index in [4.69, 9.17) is 4.74 Å². The van der Waals surface area contributed by atoms with Gasteiger partial charge in [-0.3, -0.25) is 0 Å². The Kier molecular flexibility index (Phi) is 4.61. The van der Waals surface area contributed by atoms with Gasteiger partial charge in [-0.05, 0) is 24.6 Å². The van der Waals surface area contributed by atoms with Gasteiger partial charge in [0.15, 0.2) is 0 Å². The number of hydrogen-bond donors (Lipinski definition) is 2. The highest BCUT2D eigenvalue weighted by Crippen LogP contribution is 2.22. The van der Waals surface area contributed by atoms with Gasteiger partial charge in [0.05, 0.1) is 7.11 Å². The summed E-state index contributed by atoms with van der Waals surface area (Å²) in [7, 11) is 1.67. The van der Waals surface area contributed by atoms with Crippen LogP contribution in [0.25, 0.3) is 0 Å². The molecule has 2 N–H and O–H groups in total. The van der Waals surface area contributed by atoms with Gasteiger partial charge in [0, 0.05) is 36.2 Å². The molecule has 0 aliphatic rings. The number of nitrogens with zero attached hydrogens (tertiary/aromatic N) is 1. The van der Waals surface area contributed by atoms with E-state index in [9.17, 15) is 0 Å². The number of methoxy groups -OCH3 is 1. The minimum absolute atomic E-state index is 0.836. The second kappa shape index (κ2) is 6.64. The Labute approximate surface area is 113 Å². The number of benzene rings is 1. The standard InChI is InChI=1S/C15H19N3O/c1-3-8-16-15-11-13(7-9-17-15)18-12-5-4-6-14(10-12)19-2/h4-7,9-11H,3,8H2,1-2H3,(H2,16,17,18). The lowest BCUT2D eigenvalue weighted by molar-refractivity contribution is 0.415. The SMILES string of the molecule is CCCNc1cc(Nc2cccc(OC)c2)ccn1. The average molecular weight is 257 g/mol. The summed E-state index contributed by atoms with van der Waals surface area (Å²) in [6, 6.07) is 11.8. The van der Waals surface area contributed by atoms with Crippen molar-refractivity contribution in [1.82, 2.24) is 4.98 Å². The lowest BCUT2D eigenvalue weighted by Gasteiger charge is -2.10. The fourth-order valence-electron chi connectivity index (χ4n) is 1.73. The zero-order valence-corrected chi connectivity index (χ0v) is 11.3. The first-order chi connectivity index (χ1) is 9.31. The lowest BCUT2D eigenvalue weighted by Crippen LogP contribution is -2.02. The molecule has 4 heteroatoms. The van der Waals surface area contributed by atoms with Crippen LogP contribution in [0, 0.1) is 0 Å². The van der Waals surface area contributed by atoms with Gasteiger partial charge in [0.25, 0.3) is 0 Å². The van der Waals surface area contributed by atoms with Gasteiger partial charge in [0.2, 0.25) is 0 Å². The van der Waals surface area contributed by atoms with Crippen molar-refractivity contribution in [2.24, 2.45) is 0 Å². The van der Waals surface area contributed by atoms with Crippen LogP contribution in [0.4, 0.5) is 17.2 Å². The van der Waals surface area contributed by atoms with E-state index >= 15 is 0 Å². The Morgan fingerprint density at radius 2 is 2.00 bits per heavy atom.